The highest BCUT2D eigenvalue weighted by Gasteiger charge is 2.14. The number of aryl methyl sites for hydroxylation is 1. The van der Waals surface area contributed by atoms with Gasteiger partial charge in [-0.1, -0.05) is 29.8 Å². The average molecular weight is 383 g/mol. The zero-order chi connectivity index (χ0) is 19.6. The summed E-state index contributed by atoms with van der Waals surface area (Å²) in [7, 11) is 0. The number of nitrogens with one attached hydrogen (secondary N) is 1. The minimum atomic E-state index is -0.991. The maximum absolute atomic E-state index is 11.3. The van der Waals surface area contributed by atoms with Crippen molar-refractivity contribution in [2.24, 2.45) is 0 Å². The summed E-state index contributed by atoms with van der Waals surface area (Å²) in [6.07, 6.45) is 1.54. The number of rotatable bonds is 5. The normalized spacial score (nSPS) is 11.8. The number of nitrogens with two attached hydrogens (primary N) is 1. The molecule has 0 bridgehead atoms. The summed E-state index contributed by atoms with van der Waals surface area (Å²) in [5.41, 5.74) is 9.35. The van der Waals surface area contributed by atoms with E-state index in [2.05, 4.69) is 15.3 Å². The molecule has 27 heavy (non-hydrogen) atoms. The quantitative estimate of drug-likeness (QED) is 0.598. The monoisotopic (exact) mass is 382 g/mol. The second-order valence-electron chi connectivity index (χ2n) is 6.24. The molecule has 138 valence electrons. The molecule has 0 radical (unpaired) electrons. The van der Waals surface area contributed by atoms with E-state index < -0.39 is 5.97 Å². The van der Waals surface area contributed by atoms with E-state index in [9.17, 15) is 9.90 Å². The highest BCUT2D eigenvalue weighted by atomic mass is 35.5. The third-order valence-corrected chi connectivity index (χ3v) is 4.54. The molecule has 0 aliphatic carbocycles. The maximum Gasteiger partial charge on any atom is 0.335 e. The van der Waals surface area contributed by atoms with E-state index >= 15 is 0 Å². The van der Waals surface area contributed by atoms with Gasteiger partial charge in [0.2, 0.25) is 0 Å². The number of carbonyl (C=O) groups is 1. The van der Waals surface area contributed by atoms with Gasteiger partial charge in [-0.25, -0.2) is 14.8 Å². The van der Waals surface area contributed by atoms with E-state index in [-0.39, 0.29) is 17.4 Å². The molecule has 0 saturated heterocycles. The summed E-state index contributed by atoms with van der Waals surface area (Å²) in [5, 5.41) is 13.2. The summed E-state index contributed by atoms with van der Waals surface area (Å²) >= 11 is 5.94. The van der Waals surface area contributed by atoms with Crippen molar-refractivity contribution in [3.63, 3.8) is 0 Å². The van der Waals surface area contributed by atoms with Crippen LogP contribution in [0.5, 0.6) is 0 Å². The Balaban J connectivity index is 1.94. The Bertz CT molecular complexity index is 990. The number of benzene rings is 2. The van der Waals surface area contributed by atoms with Gasteiger partial charge in [-0.15, -0.1) is 0 Å². The van der Waals surface area contributed by atoms with Crippen molar-refractivity contribution >= 4 is 29.2 Å². The first-order valence-electron chi connectivity index (χ1n) is 8.34. The van der Waals surface area contributed by atoms with Crippen LogP contribution in [0.1, 0.15) is 34.5 Å². The highest BCUT2D eigenvalue weighted by molar-refractivity contribution is 6.30. The van der Waals surface area contributed by atoms with Crippen molar-refractivity contribution < 1.29 is 9.90 Å². The number of aromatic carboxylic acids is 1. The molecule has 3 aromatic rings. The number of hydrogen-bond acceptors (Lipinski definition) is 5. The summed E-state index contributed by atoms with van der Waals surface area (Å²) in [5.74, 6) is -0.281. The number of carboxylic acids is 1. The molecule has 0 spiro atoms. The van der Waals surface area contributed by atoms with E-state index in [1.165, 1.54) is 0 Å². The molecule has 4 N–H and O–H groups in total. The average Bonchev–Trinajstić information content (AvgIpc) is 2.64. The molecule has 2 aromatic carbocycles. The second-order valence-corrected chi connectivity index (χ2v) is 6.68. The van der Waals surface area contributed by atoms with Gasteiger partial charge in [0.25, 0.3) is 0 Å². The fourth-order valence-electron chi connectivity index (χ4n) is 2.71. The van der Waals surface area contributed by atoms with Gasteiger partial charge in [0.1, 0.15) is 0 Å². The topological polar surface area (TPSA) is 101 Å². The van der Waals surface area contributed by atoms with E-state index in [1.807, 2.05) is 38.1 Å². The van der Waals surface area contributed by atoms with Gasteiger partial charge in [0.15, 0.2) is 11.6 Å². The van der Waals surface area contributed by atoms with Crippen molar-refractivity contribution in [1.82, 2.24) is 9.97 Å². The van der Waals surface area contributed by atoms with Gasteiger partial charge >= 0.3 is 5.97 Å². The van der Waals surface area contributed by atoms with Crippen LogP contribution < -0.4 is 11.1 Å². The van der Waals surface area contributed by atoms with Crippen LogP contribution in [-0.2, 0) is 0 Å². The summed E-state index contributed by atoms with van der Waals surface area (Å²) < 4.78 is 0. The van der Waals surface area contributed by atoms with Crippen LogP contribution in [0.15, 0.2) is 48.7 Å². The van der Waals surface area contributed by atoms with Gasteiger partial charge in [-0.2, -0.15) is 0 Å². The molecule has 0 fully saturated rings. The van der Waals surface area contributed by atoms with Crippen LogP contribution >= 0.6 is 11.6 Å². The minimum absolute atomic E-state index is 0.0689. The summed E-state index contributed by atoms with van der Waals surface area (Å²) in [6.45, 7) is 3.87. The van der Waals surface area contributed by atoms with Crippen molar-refractivity contribution in [3.8, 4) is 11.3 Å². The molecule has 7 heteroatoms. The number of carboxylic acid groups (broad SMARTS) is 1. The Morgan fingerprint density at radius 3 is 2.59 bits per heavy atom. The smallest absolute Gasteiger partial charge is 0.335 e. The van der Waals surface area contributed by atoms with E-state index in [0.29, 0.717) is 22.1 Å². The zero-order valence-corrected chi connectivity index (χ0v) is 15.7. The number of aromatic nitrogens is 2. The third-order valence-electron chi connectivity index (χ3n) is 4.28. The lowest BCUT2D eigenvalue weighted by Gasteiger charge is -2.17. The number of hydrogen-bond donors (Lipinski definition) is 3. The van der Waals surface area contributed by atoms with Crippen LogP contribution in [0.3, 0.4) is 0 Å². The molecule has 0 unspecified atom stereocenters. The SMILES string of the molecule is Cc1ccc(C(=O)O)cc1-c1cnc(N)c(N[C@H](C)c2ccc(Cl)cc2)n1. The molecular formula is C20H19ClN4O2. The maximum atomic E-state index is 11.3. The first-order valence-corrected chi connectivity index (χ1v) is 8.72. The molecule has 6 nitrogen and oxygen atoms in total. The molecule has 1 aromatic heterocycles. The van der Waals surface area contributed by atoms with E-state index in [4.69, 9.17) is 17.3 Å². The van der Waals surface area contributed by atoms with Gasteiger partial charge in [0.05, 0.1) is 23.5 Å². The predicted molar refractivity (Wildman–Crippen MR) is 107 cm³/mol. The fraction of sp³-hybridized carbons (Fsp3) is 0.150. The van der Waals surface area contributed by atoms with Gasteiger partial charge in [0, 0.05) is 10.6 Å². The van der Waals surface area contributed by atoms with Crippen LogP contribution in [0, 0.1) is 6.92 Å². The van der Waals surface area contributed by atoms with Crippen LogP contribution in [0.2, 0.25) is 5.02 Å². The van der Waals surface area contributed by atoms with Gasteiger partial charge in [-0.3, -0.25) is 0 Å². The van der Waals surface area contributed by atoms with Gasteiger partial charge in [-0.05, 0) is 49.2 Å². The summed E-state index contributed by atoms with van der Waals surface area (Å²) in [6, 6.07) is 12.3. The number of halogens is 1. The number of nitrogen functional groups attached to an aromatic ring is 1. The third kappa shape index (κ3) is 4.17. The van der Waals surface area contributed by atoms with Gasteiger partial charge < -0.3 is 16.2 Å². The molecule has 0 saturated carbocycles. The molecule has 1 atom stereocenters. The Hall–Kier alpha value is -3.12. The molecule has 3 rings (SSSR count). The molecule has 0 aliphatic rings. The minimum Gasteiger partial charge on any atom is -0.478 e. The largest absolute Gasteiger partial charge is 0.478 e. The predicted octanol–water partition coefficient (Wildman–Crippen LogP) is 4.56. The lowest BCUT2D eigenvalue weighted by Crippen LogP contribution is -2.11. The molecule has 1 heterocycles. The standard InChI is InChI=1S/C20H19ClN4O2/c1-11-3-4-14(20(26)27)9-16(11)17-10-23-18(22)19(25-17)24-12(2)13-5-7-15(21)8-6-13/h3-10,12H,1-2H3,(H2,22,23)(H,24,25)(H,26,27)/t12-/m1/s1. The first-order chi connectivity index (χ1) is 12.8. The molecular weight excluding hydrogens is 364 g/mol. The first kappa shape index (κ1) is 18.7. The lowest BCUT2D eigenvalue weighted by molar-refractivity contribution is 0.0697. The van der Waals surface area contributed by atoms with Crippen molar-refractivity contribution in [1.29, 1.82) is 0 Å². The van der Waals surface area contributed by atoms with Crippen LogP contribution in [0.25, 0.3) is 11.3 Å². The number of nitrogens with zero attached hydrogens (tertiary/aromatic N) is 2. The molecule has 0 aliphatic heterocycles. The highest BCUT2D eigenvalue weighted by Crippen LogP contribution is 2.27. The molecule has 0 amide bonds. The van der Waals surface area contributed by atoms with E-state index in [0.717, 1.165) is 11.1 Å². The Morgan fingerprint density at radius 2 is 1.93 bits per heavy atom. The number of anilines is 2. The Labute approximate surface area is 162 Å². The van der Waals surface area contributed by atoms with Crippen LogP contribution in [-0.4, -0.2) is 21.0 Å². The second kappa shape index (κ2) is 7.63. The summed E-state index contributed by atoms with van der Waals surface area (Å²) in [4.78, 5) is 20.1. The van der Waals surface area contributed by atoms with Crippen LogP contribution in [0.4, 0.5) is 11.6 Å². The van der Waals surface area contributed by atoms with Crippen molar-refractivity contribution in [2.45, 2.75) is 19.9 Å². The Kier molecular flexibility index (Phi) is 5.28. The van der Waals surface area contributed by atoms with Crippen molar-refractivity contribution in [2.75, 3.05) is 11.1 Å². The van der Waals surface area contributed by atoms with Crippen molar-refractivity contribution in [3.05, 3.63) is 70.4 Å². The zero-order valence-electron chi connectivity index (χ0n) is 14.9. The lowest BCUT2D eigenvalue weighted by atomic mass is 10.0. The Morgan fingerprint density at radius 1 is 1.22 bits per heavy atom. The van der Waals surface area contributed by atoms with E-state index in [1.54, 1.807) is 24.4 Å². The fourth-order valence-corrected chi connectivity index (χ4v) is 2.83.